The molecule has 0 bridgehead atoms. The predicted octanol–water partition coefficient (Wildman–Crippen LogP) is 2.02. The van der Waals surface area contributed by atoms with E-state index in [9.17, 15) is 14.9 Å². The number of nitrogens with one attached hydrogen (secondary N) is 1. The number of nitrogens with zero attached hydrogens (tertiary/aromatic N) is 3. The average molecular weight is 294 g/mol. The van der Waals surface area contributed by atoms with Gasteiger partial charge in [0.25, 0.3) is 10.9 Å². The minimum Gasteiger partial charge on any atom is -0.416 e. The van der Waals surface area contributed by atoms with Crippen molar-refractivity contribution in [3.05, 3.63) is 40.3 Å². The Labute approximate surface area is 117 Å². The lowest BCUT2D eigenvalue weighted by atomic mass is 10.3. The van der Waals surface area contributed by atoms with E-state index in [0.717, 1.165) is 11.8 Å². The first-order valence-corrected chi connectivity index (χ1v) is 6.50. The number of benzene rings is 1. The lowest BCUT2D eigenvalue weighted by molar-refractivity contribution is -0.384. The largest absolute Gasteiger partial charge is 0.416 e. The first-order chi connectivity index (χ1) is 9.54. The highest BCUT2D eigenvalue weighted by molar-refractivity contribution is 7.99. The normalized spacial score (nSPS) is 10.2. The number of amides is 1. The summed E-state index contributed by atoms with van der Waals surface area (Å²) in [5, 5.41) is 20.8. The second-order valence-electron chi connectivity index (χ2n) is 3.73. The summed E-state index contributed by atoms with van der Waals surface area (Å²) >= 11 is 1.12. The number of carbonyl (C=O) groups excluding carboxylic acids is 1. The van der Waals surface area contributed by atoms with Crippen molar-refractivity contribution in [3.63, 3.8) is 0 Å². The summed E-state index contributed by atoms with van der Waals surface area (Å²) in [5.74, 6) is 0.279. The van der Waals surface area contributed by atoms with Gasteiger partial charge in [-0.25, -0.2) is 0 Å². The summed E-state index contributed by atoms with van der Waals surface area (Å²) in [5.41, 5.74) is 0.460. The molecule has 1 aromatic carbocycles. The van der Waals surface area contributed by atoms with Crippen molar-refractivity contribution in [2.75, 3.05) is 11.1 Å². The summed E-state index contributed by atoms with van der Waals surface area (Å²) in [6.45, 7) is 1.66. The zero-order valence-corrected chi connectivity index (χ0v) is 11.2. The van der Waals surface area contributed by atoms with Crippen molar-refractivity contribution in [3.8, 4) is 0 Å². The molecule has 0 saturated heterocycles. The predicted molar refractivity (Wildman–Crippen MR) is 71.5 cm³/mol. The molecule has 104 valence electrons. The quantitative estimate of drug-likeness (QED) is 0.510. The van der Waals surface area contributed by atoms with Gasteiger partial charge in [0.1, 0.15) is 0 Å². The van der Waals surface area contributed by atoms with E-state index >= 15 is 0 Å². The van der Waals surface area contributed by atoms with Gasteiger partial charge in [0, 0.05) is 24.7 Å². The molecule has 1 N–H and O–H groups in total. The Bertz CT molecular complexity index is 626. The summed E-state index contributed by atoms with van der Waals surface area (Å²) in [6.07, 6.45) is 0. The summed E-state index contributed by atoms with van der Waals surface area (Å²) < 4.78 is 5.11. The van der Waals surface area contributed by atoms with Crippen LogP contribution < -0.4 is 5.32 Å². The Morgan fingerprint density at radius 3 is 2.65 bits per heavy atom. The number of non-ortho nitro benzene ring substituents is 1. The standard InChI is InChI=1S/C11H10N4O4S/c1-7-13-14-11(19-7)20-6-10(16)12-8-2-4-9(5-3-8)15(17)18/h2-5H,6H2,1H3,(H,12,16). The van der Waals surface area contributed by atoms with Crippen LogP contribution >= 0.6 is 11.8 Å². The fourth-order valence-electron chi connectivity index (χ4n) is 1.33. The maximum absolute atomic E-state index is 11.7. The number of rotatable bonds is 5. The van der Waals surface area contributed by atoms with Crippen LogP contribution in [0.5, 0.6) is 0 Å². The topological polar surface area (TPSA) is 111 Å². The highest BCUT2D eigenvalue weighted by Crippen LogP contribution is 2.18. The number of anilines is 1. The molecule has 8 nitrogen and oxygen atoms in total. The van der Waals surface area contributed by atoms with Crippen LogP contribution in [0.1, 0.15) is 5.89 Å². The molecule has 0 unspecified atom stereocenters. The third kappa shape index (κ3) is 3.79. The van der Waals surface area contributed by atoms with Crippen LogP contribution in [-0.2, 0) is 4.79 Å². The molecule has 1 amide bonds. The summed E-state index contributed by atoms with van der Waals surface area (Å²) in [7, 11) is 0. The van der Waals surface area contributed by atoms with Gasteiger partial charge in [-0.2, -0.15) is 0 Å². The van der Waals surface area contributed by atoms with Gasteiger partial charge in [0.2, 0.25) is 11.8 Å². The van der Waals surface area contributed by atoms with Crippen LogP contribution in [-0.4, -0.2) is 26.8 Å². The number of hydrogen-bond acceptors (Lipinski definition) is 7. The van der Waals surface area contributed by atoms with Gasteiger partial charge < -0.3 is 9.73 Å². The van der Waals surface area contributed by atoms with Crippen molar-refractivity contribution in [1.29, 1.82) is 0 Å². The number of aromatic nitrogens is 2. The molecule has 2 aromatic rings. The van der Waals surface area contributed by atoms with Crippen LogP contribution in [0, 0.1) is 17.0 Å². The molecule has 0 radical (unpaired) electrons. The minimum atomic E-state index is -0.501. The average Bonchev–Trinajstić information content (AvgIpc) is 2.83. The number of hydrogen-bond donors (Lipinski definition) is 1. The Morgan fingerprint density at radius 1 is 1.40 bits per heavy atom. The maximum atomic E-state index is 11.7. The first kappa shape index (κ1) is 14.0. The second kappa shape index (κ2) is 6.15. The number of carbonyl (C=O) groups is 1. The van der Waals surface area contributed by atoms with E-state index in [1.807, 2.05) is 0 Å². The van der Waals surface area contributed by atoms with Crippen molar-refractivity contribution < 1.29 is 14.1 Å². The first-order valence-electron chi connectivity index (χ1n) is 5.52. The molecule has 0 saturated carbocycles. The maximum Gasteiger partial charge on any atom is 0.277 e. The molecular formula is C11H10N4O4S. The van der Waals surface area contributed by atoms with E-state index in [1.165, 1.54) is 24.3 Å². The minimum absolute atomic E-state index is 0.0290. The molecule has 0 atom stereocenters. The van der Waals surface area contributed by atoms with Gasteiger partial charge in [-0.1, -0.05) is 11.8 Å². The lowest BCUT2D eigenvalue weighted by Gasteiger charge is -2.03. The number of nitro groups is 1. The fourth-order valence-corrected chi connectivity index (χ4v) is 1.93. The third-order valence-electron chi connectivity index (χ3n) is 2.20. The van der Waals surface area contributed by atoms with Gasteiger partial charge >= 0.3 is 0 Å². The van der Waals surface area contributed by atoms with Crippen LogP contribution in [0.3, 0.4) is 0 Å². The van der Waals surface area contributed by atoms with Gasteiger partial charge in [-0.15, -0.1) is 10.2 Å². The molecule has 9 heteroatoms. The Kier molecular flexibility index (Phi) is 4.31. The number of aryl methyl sites for hydroxylation is 1. The van der Waals surface area contributed by atoms with Crippen molar-refractivity contribution in [2.24, 2.45) is 0 Å². The van der Waals surface area contributed by atoms with E-state index in [-0.39, 0.29) is 17.3 Å². The zero-order valence-electron chi connectivity index (χ0n) is 10.4. The molecular weight excluding hydrogens is 284 g/mol. The van der Waals surface area contributed by atoms with Gasteiger partial charge in [-0.3, -0.25) is 14.9 Å². The lowest BCUT2D eigenvalue weighted by Crippen LogP contribution is -2.13. The van der Waals surface area contributed by atoms with Crippen LogP contribution in [0.2, 0.25) is 0 Å². The van der Waals surface area contributed by atoms with Gasteiger partial charge in [0.15, 0.2) is 0 Å². The van der Waals surface area contributed by atoms with Crippen molar-refractivity contribution in [1.82, 2.24) is 10.2 Å². The Morgan fingerprint density at radius 2 is 2.10 bits per heavy atom. The molecule has 0 fully saturated rings. The van der Waals surface area contributed by atoms with Crippen LogP contribution in [0.15, 0.2) is 33.9 Å². The molecule has 0 spiro atoms. The molecule has 0 aliphatic carbocycles. The number of nitro benzene ring substituents is 1. The molecule has 1 aromatic heterocycles. The molecule has 0 aliphatic rings. The Hall–Kier alpha value is -2.42. The van der Waals surface area contributed by atoms with Crippen molar-refractivity contribution >= 4 is 29.0 Å². The van der Waals surface area contributed by atoms with E-state index in [1.54, 1.807) is 6.92 Å². The smallest absolute Gasteiger partial charge is 0.277 e. The van der Waals surface area contributed by atoms with E-state index in [2.05, 4.69) is 15.5 Å². The number of thioether (sulfide) groups is 1. The van der Waals surface area contributed by atoms with E-state index in [0.29, 0.717) is 16.8 Å². The Balaban J connectivity index is 1.86. The monoisotopic (exact) mass is 294 g/mol. The van der Waals surface area contributed by atoms with Crippen LogP contribution in [0.4, 0.5) is 11.4 Å². The highest BCUT2D eigenvalue weighted by atomic mass is 32.2. The van der Waals surface area contributed by atoms with Gasteiger partial charge in [-0.05, 0) is 12.1 Å². The summed E-state index contributed by atoms with van der Waals surface area (Å²) in [4.78, 5) is 21.6. The molecule has 0 aliphatic heterocycles. The highest BCUT2D eigenvalue weighted by Gasteiger charge is 2.09. The SMILES string of the molecule is Cc1nnc(SCC(=O)Nc2ccc([N+](=O)[O-])cc2)o1. The van der Waals surface area contributed by atoms with Crippen molar-refractivity contribution in [2.45, 2.75) is 12.1 Å². The fraction of sp³-hybridized carbons (Fsp3) is 0.182. The summed E-state index contributed by atoms with van der Waals surface area (Å²) in [6, 6.07) is 5.59. The van der Waals surface area contributed by atoms with Gasteiger partial charge in [0.05, 0.1) is 10.7 Å². The third-order valence-corrected chi connectivity index (χ3v) is 3.01. The molecule has 2 rings (SSSR count). The van der Waals surface area contributed by atoms with Crippen LogP contribution in [0.25, 0.3) is 0 Å². The molecule has 1 heterocycles. The van der Waals surface area contributed by atoms with E-state index < -0.39 is 4.92 Å². The van der Waals surface area contributed by atoms with E-state index in [4.69, 9.17) is 4.42 Å². The zero-order chi connectivity index (χ0) is 14.5. The second-order valence-corrected chi connectivity index (χ2v) is 4.65. The molecule has 20 heavy (non-hydrogen) atoms.